The smallest absolute Gasteiger partial charge is 0.255 e. The lowest BCUT2D eigenvalue weighted by Gasteiger charge is -2.13. The number of carbonyl (C=O) groups is 2. The average molecular weight is 390 g/mol. The highest BCUT2D eigenvalue weighted by Crippen LogP contribution is 2.37. The maximum absolute atomic E-state index is 12.5. The summed E-state index contributed by atoms with van der Waals surface area (Å²) >= 11 is 0. The third-order valence-corrected chi connectivity index (χ3v) is 5.86. The normalized spacial score (nSPS) is 12.9. The lowest BCUT2D eigenvalue weighted by molar-refractivity contribution is 0.101. The Morgan fingerprint density at radius 1 is 1.04 bits per heavy atom. The van der Waals surface area contributed by atoms with Crippen LogP contribution in [0.4, 0.5) is 5.69 Å². The first-order valence-corrected chi connectivity index (χ1v) is 9.42. The van der Waals surface area contributed by atoms with Gasteiger partial charge in [0, 0.05) is 31.3 Å². The molecule has 0 unspecified atom stereocenters. The summed E-state index contributed by atoms with van der Waals surface area (Å²) in [4.78, 5) is 24.5. The highest BCUT2D eigenvalue weighted by atomic mass is 32.2. The zero-order chi connectivity index (χ0) is 19.8. The topological polar surface area (TPSA) is 102 Å². The minimum Gasteiger partial charge on any atom is -0.454 e. The van der Waals surface area contributed by atoms with Gasteiger partial charge in [0.15, 0.2) is 17.3 Å². The van der Waals surface area contributed by atoms with Gasteiger partial charge >= 0.3 is 0 Å². The third-order valence-electron chi connectivity index (χ3n) is 4.04. The van der Waals surface area contributed by atoms with E-state index in [1.807, 2.05) is 0 Å². The lowest BCUT2D eigenvalue weighted by atomic mass is 10.1. The minimum atomic E-state index is -3.58. The van der Waals surface area contributed by atoms with Crippen LogP contribution in [0.1, 0.15) is 27.6 Å². The van der Waals surface area contributed by atoms with Crippen molar-refractivity contribution in [2.24, 2.45) is 0 Å². The second-order valence-electron chi connectivity index (χ2n) is 6.07. The molecule has 0 saturated heterocycles. The van der Waals surface area contributed by atoms with E-state index in [1.165, 1.54) is 57.4 Å². The molecule has 0 fully saturated rings. The number of rotatable bonds is 5. The molecule has 27 heavy (non-hydrogen) atoms. The van der Waals surface area contributed by atoms with E-state index in [0.29, 0.717) is 22.7 Å². The van der Waals surface area contributed by atoms with E-state index in [4.69, 9.17) is 9.47 Å². The molecule has 1 heterocycles. The van der Waals surface area contributed by atoms with Gasteiger partial charge in [0.25, 0.3) is 5.91 Å². The Balaban J connectivity index is 1.87. The van der Waals surface area contributed by atoms with Gasteiger partial charge in [0.2, 0.25) is 16.8 Å². The van der Waals surface area contributed by atoms with Crippen molar-refractivity contribution in [2.75, 3.05) is 26.2 Å². The Morgan fingerprint density at radius 3 is 2.19 bits per heavy atom. The van der Waals surface area contributed by atoms with Gasteiger partial charge in [-0.2, -0.15) is 0 Å². The first-order chi connectivity index (χ1) is 12.7. The first kappa shape index (κ1) is 18.9. The molecule has 142 valence electrons. The predicted molar refractivity (Wildman–Crippen MR) is 97.8 cm³/mol. The molecule has 1 aliphatic rings. The van der Waals surface area contributed by atoms with E-state index in [1.54, 1.807) is 0 Å². The highest BCUT2D eigenvalue weighted by Gasteiger charge is 2.21. The van der Waals surface area contributed by atoms with Crippen LogP contribution in [0.25, 0.3) is 0 Å². The number of hydrogen-bond acceptors (Lipinski definition) is 6. The lowest BCUT2D eigenvalue weighted by Crippen LogP contribution is -2.22. The van der Waals surface area contributed by atoms with Crippen LogP contribution in [-0.2, 0) is 10.0 Å². The number of nitrogens with one attached hydrogen (secondary N) is 1. The Bertz CT molecular complexity index is 1010. The maximum Gasteiger partial charge on any atom is 0.255 e. The Morgan fingerprint density at radius 2 is 1.63 bits per heavy atom. The van der Waals surface area contributed by atoms with Crippen molar-refractivity contribution in [3.05, 3.63) is 47.5 Å². The Hall–Kier alpha value is -2.91. The molecule has 0 aliphatic carbocycles. The van der Waals surface area contributed by atoms with Crippen LogP contribution in [0.15, 0.2) is 41.3 Å². The summed E-state index contributed by atoms with van der Waals surface area (Å²) in [5.74, 6) is 0.153. The molecule has 0 atom stereocenters. The Kier molecular flexibility index (Phi) is 4.90. The fourth-order valence-electron chi connectivity index (χ4n) is 2.52. The summed E-state index contributed by atoms with van der Waals surface area (Å²) in [6, 6.07) is 8.58. The number of amides is 1. The van der Waals surface area contributed by atoms with Crippen LogP contribution in [0.2, 0.25) is 0 Å². The summed E-state index contributed by atoms with van der Waals surface area (Å²) in [6.45, 7) is 1.43. The maximum atomic E-state index is 12.5. The first-order valence-electron chi connectivity index (χ1n) is 7.98. The number of carbonyl (C=O) groups excluding carboxylic acids is 2. The molecular weight excluding hydrogens is 372 g/mol. The number of sulfonamides is 1. The number of hydrogen-bond donors (Lipinski definition) is 1. The summed E-state index contributed by atoms with van der Waals surface area (Å²) in [5.41, 5.74) is 0.834. The van der Waals surface area contributed by atoms with Crippen molar-refractivity contribution in [2.45, 2.75) is 11.8 Å². The molecule has 0 spiro atoms. The molecule has 2 aromatic carbocycles. The largest absolute Gasteiger partial charge is 0.454 e. The van der Waals surface area contributed by atoms with Crippen molar-refractivity contribution in [3.63, 3.8) is 0 Å². The minimum absolute atomic E-state index is 0.0475. The number of ether oxygens (including phenoxy) is 2. The van der Waals surface area contributed by atoms with Gasteiger partial charge in [-0.15, -0.1) is 0 Å². The zero-order valence-corrected chi connectivity index (χ0v) is 15.8. The van der Waals surface area contributed by atoms with E-state index in [9.17, 15) is 18.0 Å². The van der Waals surface area contributed by atoms with Crippen LogP contribution in [0.3, 0.4) is 0 Å². The van der Waals surface area contributed by atoms with Crippen LogP contribution in [-0.4, -0.2) is 45.3 Å². The average Bonchev–Trinajstić information content (AvgIpc) is 3.08. The van der Waals surface area contributed by atoms with Gasteiger partial charge in [-0.1, -0.05) is 0 Å². The molecule has 1 N–H and O–H groups in total. The van der Waals surface area contributed by atoms with Crippen LogP contribution < -0.4 is 14.8 Å². The fourth-order valence-corrected chi connectivity index (χ4v) is 3.42. The van der Waals surface area contributed by atoms with Crippen molar-refractivity contribution >= 4 is 27.4 Å². The standard InChI is InChI=1S/C18H18N2O6S/c1-11(21)14-8-16-17(26-10-25-16)9-15(14)19-18(22)12-4-6-13(7-5-12)27(23,24)20(2)3/h4-9H,10H2,1-3H3,(H,19,22). The van der Waals surface area contributed by atoms with E-state index >= 15 is 0 Å². The SMILES string of the molecule is CC(=O)c1cc2c(cc1NC(=O)c1ccc(S(=O)(=O)N(C)C)cc1)OCO2. The van der Waals surface area contributed by atoms with Crippen LogP contribution in [0, 0.1) is 0 Å². The molecule has 0 radical (unpaired) electrons. The zero-order valence-electron chi connectivity index (χ0n) is 15.0. The second-order valence-corrected chi connectivity index (χ2v) is 8.23. The molecule has 0 saturated carbocycles. The summed E-state index contributed by atoms with van der Waals surface area (Å²) in [5, 5.41) is 2.66. The quantitative estimate of drug-likeness (QED) is 0.785. The predicted octanol–water partition coefficient (Wildman–Crippen LogP) is 2.12. The van der Waals surface area contributed by atoms with Crippen molar-refractivity contribution < 1.29 is 27.5 Å². The van der Waals surface area contributed by atoms with Gasteiger partial charge in [0.05, 0.1) is 10.6 Å². The Labute approximate surface area is 156 Å². The van der Waals surface area contributed by atoms with Crippen molar-refractivity contribution in [1.82, 2.24) is 4.31 Å². The fraction of sp³-hybridized carbons (Fsp3) is 0.222. The van der Waals surface area contributed by atoms with E-state index in [2.05, 4.69) is 5.32 Å². The number of anilines is 1. The number of ketones is 1. The summed E-state index contributed by atoms with van der Waals surface area (Å²) < 4.78 is 35.8. The number of nitrogens with zero attached hydrogens (tertiary/aromatic N) is 1. The number of benzene rings is 2. The monoisotopic (exact) mass is 390 g/mol. The van der Waals surface area contributed by atoms with Crippen molar-refractivity contribution in [3.8, 4) is 11.5 Å². The summed E-state index contributed by atoms with van der Waals surface area (Å²) in [7, 11) is -0.718. The summed E-state index contributed by atoms with van der Waals surface area (Å²) in [6.07, 6.45) is 0. The molecule has 0 bridgehead atoms. The van der Waals surface area contributed by atoms with E-state index in [-0.39, 0.29) is 23.0 Å². The van der Waals surface area contributed by atoms with E-state index < -0.39 is 15.9 Å². The van der Waals surface area contributed by atoms with Crippen LogP contribution in [0.5, 0.6) is 11.5 Å². The van der Waals surface area contributed by atoms with E-state index in [0.717, 1.165) is 4.31 Å². The number of fused-ring (bicyclic) bond motifs is 1. The molecule has 1 aliphatic heterocycles. The van der Waals surface area contributed by atoms with Crippen molar-refractivity contribution in [1.29, 1.82) is 0 Å². The number of Topliss-reactive ketones (excluding diaryl/α,β-unsaturated/α-hetero) is 1. The second kappa shape index (κ2) is 7.01. The highest BCUT2D eigenvalue weighted by molar-refractivity contribution is 7.89. The molecule has 8 nitrogen and oxygen atoms in total. The van der Waals surface area contributed by atoms with Crippen LogP contribution >= 0.6 is 0 Å². The molecule has 2 aromatic rings. The van der Waals surface area contributed by atoms with Gasteiger partial charge in [-0.05, 0) is 37.3 Å². The van der Waals surface area contributed by atoms with Gasteiger partial charge in [-0.25, -0.2) is 12.7 Å². The molecule has 0 aromatic heterocycles. The van der Waals surface area contributed by atoms with Gasteiger partial charge < -0.3 is 14.8 Å². The molecule has 1 amide bonds. The molecular formula is C18H18N2O6S. The van der Waals surface area contributed by atoms with Gasteiger partial charge in [0.1, 0.15) is 0 Å². The van der Waals surface area contributed by atoms with Gasteiger partial charge in [-0.3, -0.25) is 9.59 Å². The molecule has 9 heteroatoms. The third kappa shape index (κ3) is 3.64. The molecule has 3 rings (SSSR count).